The number of carbonyl (C=O) groups is 1. The molecule has 0 aliphatic rings. The second-order valence-corrected chi connectivity index (χ2v) is 2.60. The summed E-state index contributed by atoms with van der Waals surface area (Å²) in [5, 5.41) is 7.62. The topological polar surface area (TPSA) is 37.3 Å². The lowest BCUT2D eigenvalue weighted by Gasteiger charge is -2.09. The van der Waals surface area contributed by atoms with Gasteiger partial charge in [-0.15, -0.1) is 11.6 Å². The smallest absolute Gasteiger partial charge is 0.321 e. The molecule has 0 aromatic heterocycles. The fraction of sp³-hybridized carbons (Fsp3) is 0.833. The molecule has 0 radical (unpaired) electrons. The summed E-state index contributed by atoms with van der Waals surface area (Å²) in [6.45, 7) is 3.74. The fourth-order valence-electron chi connectivity index (χ4n) is 0.450. The van der Waals surface area contributed by atoms with Gasteiger partial charge >= 0.3 is 5.97 Å². The number of aliphatic carboxylic acids is 1. The van der Waals surface area contributed by atoms with E-state index in [4.69, 9.17) is 16.7 Å². The van der Waals surface area contributed by atoms with Gasteiger partial charge in [0.2, 0.25) is 0 Å². The van der Waals surface area contributed by atoms with Crippen LogP contribution in [0.3, 0.4) is 0 Å². The van der Waals surface area contributed by atoms with E-state index < -0.39 is 11.3 Å². The number of rotatable bonds is 3. The molecule has 2 atom stereocenters. The molecular formula is C6H11ClO2. The van der Waals surface area contributed by atoms with E-state index in [1.54, 1.807) is 0 Å². The standard InChI is InChI=1S/C6H11ClO2/c1-3-4(2)5(7)6(8)9/h4-5H,3H2,1-2H3,(H,8,9)/t4-,5-/m0/s1. The monoisotopic (exact) mass is 150 g/mol. The highest BCUT2D eigenvalue weighted by molar-refractivity contribution is 6.29. The number of alkyl halides is 1. The van der Waals surface area contributed by atoms with Crippen LogP contribution >= 0.6 is 11.6 Å². The third-order valence-corrected chi connectivity index (χ3v) is 2.00. The van der Waals surface area contributed by atoms with E-state index in [0.717, 1.165) is 6.42 Å². The Morgan fingerprint density at radius 2 is 2.22 bits per heavy atom. The van der Waals surface area contributed by atoms with Crippen molar-refractivity contribution in [1.29, 1.82) is 0 Å². The van der Waals surface area contributed by atoms with Gasteiger partial charge in [-0.2, -0.15) is 0 Å². The van der Waals surface area contributed by atoms with E-state index in [1.165, 1.54) is 0 Å². The van der Waals surface area contributed by atoms with Crippen LogP contribution in [0.1, 0.15) is 20.3 Å². The molecule has 0 aliphatic carbocycles. The summed E-state index contributed by atoms with van der Waals surface area (Å²) in [7, 11) is 0. The highest BCUT2D eigenvalue weighted by atomic mass is 35.5. The molecule has 9 heavy (non-hydrogen) atoms. The van der Waals surface area contributed by atoms with E-state index >= 15 is 0 Å². The lowest BCUT2D eigenvalue weighted by molar-refractivity contribution is -0.137. The molecule has 0 fully saturated rings. The molecule has 3 heteroatoms. The lowest BCUT2D eigenvalue weighted by Crippen LogP contribution is -2.20. The average molecular weight is 151 g/mol. The van der Waals surface area contributed by atoms with E-state index in [0.29, 0.717) is 0 Å². The fourth-order valence-corrected chi connectivity index (χ4v) is 0.629. The van der Waals surface area contributed by atoms with Gasteiger partial charge in [-0.3, -0.25) is 4.79 Å². The SMILES string of the molecule is CC[C@H](C)[C@H](Cl)C(=O)O. The average Bonchev–Trinajstić information content (AvgIpc) is 1.84. The van der Waals surface area contributed by atoms with Gasteiger partial charge in [0.25, 0.3) is 0 Å². The van der Waals surface area contributed by atoms with Gasteiger partial charge in [-0.05, 0) is 5.92 Å². The molecule has 0 unspecified atom stereocenters. The largest absolute Gasteiger partial charge is 0.480 e. The summed E-state index contributed by atoms with van der Waals surface area (Å²) in [6.07, 6.45) is 0.806. The second-order valence-electron chi connectivity index (χ2n) is 2.13. The number of hydrogen-bond donors (Lipinski definition) is 1. The molecule has 0 saturated heterocycles. The summed E-state index contributed by atoms with van der Waals surface area (Å²) in [5.41, 5.74) is 0. The third kappa shape index (κ3) is 2.70. The molecular weight excluding hydrogens is 140 g/mol. The maximum absolute atomic E-state index is 10.2. The van der Waals surface area contributed by atoms with Gasteiger partial charge in [0.1, 0.15) is 5.38 Å². The minimum absolute atomic E-state index is 0.0594. The van der Waals surface area contributed by atoms with Crippen LogP contribution in [0.15, 0.2) is 0 Å². The molecule has 0 aromatic carbocycles. The van der Waals surface area contributed by atoms with Crippen LogP contribution in [-0.4, -0.2) is 16.5 Å². The van der Waals surface area contributed by atoms with Crippen molar-refractivity contribution in [1.82, 2.24) is 0 Å². The van der Waals surface area contributed by atoms with Gasteiger partial charge in [0, 0.05) is 0 Å². The Morgan fingerprint density at radius 3 is 2.33 bits per heavy atom. The first-order valence-electron chi connectivity index (χ1n) is 2.96. The minimum atomic E-state index is -0.925. The Morgan fingerprint density at radius 1 is 1.78 bits per heavy atom. The molecule has 0 rings (SSSR count). The highest BCUT2D eigenvalue weighted by Gasteiger charge is 2.19. The van der Waals surface area contributed by atoms with Crippen LogP contribution in [-0.2, 0) is 4.79 Å². The van der Waals surface area contributed by atoms with E-state index in [-0.39, 0.29) is 5.92 Å². The van der Waals surface area contributed by atoms with E-state index in [1.807, 2.05) is 13.8 Å². The van der Waals surface area contributed by atoms with Gasteiger partial charge in [-0.25, -0.2) is 0 Å². The van der Waals surface area contributed by atoms with Crippen LogP contribution in [0, 0.1) is 5.92 Å². The quantitative estimate of drug-likeness (QED) is 0.623. The number of hydrogen-bond acceptors (Lipinski definition) is 1. The molecule has 54 valence electrons. The number of carboxylic acids is 1. The maximum Gasteiger partial charge on any atom is 0.321 e. The molecule has 0 heterocycles. The Hall–Kier alpha value is -0.240. The number of carboxylic acid groups (broad SMARTS) is 1. The zero-order valence-electron chi connectivity index (χ0n) is 5.60. The summed E-state index contributed by atoms with van der Waals surface area (Å²) < 4.78 is 0. The molecule has 2 nitrogen and oxygen atoms in total. The van der Waals surface area contributed by atoms with Crippen molar-refractivity contribution in [2.24, 2.45) is 5.92 Å². The van der Waals surface area contributed by atoms with Crippen molar-refractivity contribution in [2.45, 2.75) is 25.6 Å². The number of halogens is 1. The zero-order valence-corrected chi connectivity index (χ0v) is 6.35. The van der Waals surface area contributed by atoms with Crippen molar-refractivity contribution in [3.63, 3.8) is 0 Å². The lowest BCUT2D eigenvalue weighted by atomic mass is 10.1. The normalized spacial score (nSPS) is 16.8. The molecule has 1 N–H and O–H groups in total. The van der Waals surface area contributed by atoms with Crippen LogP contribution in [0.4, 0.5) is 0 Å². The van der Waals surface area contributed by atoms with Crippen LogP contribution in [0.25, 0.3) is 0 Å². The molecule has 0 aromatic rings. The Kier molecular flexibility index (Phi) is 3.62. The molecule has 0 amide bonds. The summed E-state index contributed by atoms with van der Waals surface area (Å²) >= 11 is 5.47. The molecule has 0 spiro atoms. The first-order chi connectivity index (χ1) is 4.09. The predicted octanol–water partition coefficient (Wildman–Crippen LogP) is 1.72. The third-order valence-electron chi connectivity index (χ3n) is 1.38. The maximum atomic E-state index is 10.2. The summed E-state index contributed by atoms with van der Waals surface area (Å²) in [5.74, 6) is -0.866. The molecule has 0 aliphatic heterocycles. The second kappa shape index (κ2) is 3.72. The Labute approximate surface area is 59.8 Å². The Balaban J connectivity index is 3.72. The van der Waals surface area contributed by atoms with E-state index in [9.17, 15) is 4.79 Å². The summed E-state index contributed by atoms with van der Waals surface area (Å²) in [6, 6.07) is 0. The zero-order chi connectivity index (χ0) is 7.44. The Bertz CT molecular complexity index is 103. The van der Waals surface area contributed by atoms with Gasteiger partial charge < -0.3 is 5.11 Å². The van der Waals surface area contributed by atoms with E-state index in [2.05, 4.69) is 0 Å². The highest BCUT2D eigenvalue weighted by Crippen LogP contribution is 2.13. The first-order valence-corrected chi connectivity index (χ1v) is 3.40. The van der Waals surface area contributed by atoms with Crippen molar-refractivity contribution >= 4 is 17.6 Å². The van der Waals surface area contributed by atoms with Crippen molar-refractivity contribution in [3.05, 3.63) is 0 Å². The predicted molar refractivity (Wildman–Crippen MR) is 36.7 cm³/mol. The summed E-state index contributed by atoms with van der Waals surface area (Å²) in [4.78, 5) is 10.2. The van der Waals surface area contributed by atoms with Crippen molar-refractivity contribution in [3.8, 4) is 0 Å². The van der Waals surface area contributed by atoms with Crippen LogP contribution in [0.5, 0.6) is 0 Å². The first kappa shape index (κ1) is 8.76. The van der Waals surface area contributed by atoms with Crippen molar-refractivity contribution in [2.75, 3.05) is 0 Å². The van der Waals surface area contributed by atoms with Gasteiger partial charge in [0.05, 0.1) is 0 Å². The van der Waals surface area contributed by atoms with Crippen LogP contribution < -0.4 is 0 Å². The van der Waals surface area contributed by atoms with Gasteiger partial charge in [0.15, 0.2) is 0 Å². The van der Waals surface area contributed by atoms with Crippen LogP contribution in [0.2, 0.25) is 0 Å². The minimum Gasteiger partial charge on any atom is -0.480 e. The van der Waals surface area contributed by atoms with Gasteiger partial charge in [-0.1, -0.05) is 20.3 Å². The van der Waals surface area contributed by atoms with Crippen molar-refractivity contribution < 1.29 is 9.90 Å². The molecule has 0 saturated carbocycles. The molecule has 0 bridgehead atoms.